The van der Waals surface area contributed by atoms with Gasteiger partial charge in [0, 0.05) is 0 Å². The molecule has 0 heterocycles. The first-order valence-corrected chi connectivity index (χ1v) is 9.58. The van der Waals surface area contributed by atoms with Crippen molar-refractivity contribution < 1.29 is 49.0 Å². The maximum Gasteiger partial charge on any atom is 0.573 e. The maximum absolute atomic E-state index is 14.4. The van der Waals surface area contributed by atoms with Crippen molar-refractivity contribution in [3.8, 4) is 11.5 Å². The van der Waals surface area contributed by atoms with Crippen molar-refractivity contribution in [1.29, 1.82) is 0 Å². The van der Waals surface area contributed by atoms with Gasteiger partial charge in [0.15, 0.2) is 29.0 Å². The first kappa shape index (κ1) is 24.1. The number of ether oxygens (including phenoxy) is 2. The van der Waals surface area contributed by atoms with Gasteiger partial charge in [-0.15, -0.1) is 13.2 Å². The predicted octanol–water partition coefficient (Wildman–Crippen LogP) is 7.56. The van der Waals surface area contributed by atoms with Crippen LogP contribution in [0.5, 0.6) is 11.5 Å². The lowest BCUT2D eigenvalue weighted by atomic mass is 9.79. The zero-order valence-electron chi connectivity index (χ0n) is 16.5. The van der Waals surface area contributed by atoms with E-state index in [0.29, 0.717) is 18.8 Å². The molecule has 0 amide bonds. The highest BCUT2D eigenvalue weighted by Crippen LogP contribution is 2.41. The molecule has 11 heteroatoms. The summed E-state index contributed by atoms with van der Waals surface area (Å²) in [5.74, 6) is -10.2. The summed E-state index contributed by atoms with van der Waals surface area (Å²) in [6.45, 7) is 2.05. The summed E-state index contributed by atoms with van der Waals surface area (Å²) < 4.78 is 129. The van der Waals surface area contributed by atoms with E-state index in [-0.39, 0.29) is 23.6 Å². The second-order valence-corrected chi connectivity index (χ2v) is 7.71. The molecule has 0 unspecified atom stereocenters. The van der Waals surface area contributed by atoms with E-state index in [9.17, 15) is 39.5 Å². The third-order valence-corrected chi connectivity index (χ3v) is 5.29. The minimum atomic E-state index is -5.48. The SMILES string of the molecule is CC1CCC(c2cc(F)c(OC(F)(F)c3cc(F)c(OC(F)(F)F)c(F)c3)c(F)c2)CC1. The van der Waals surface area contributed by atoms with Crippen LogP contribution in [0.3, 0.4) is 0 Å². The van der Waals surface area contributed by atoms with Gasteiger partial charge in [0.1, 0.15) is 0 Å². The van der Waals surface area contributed by atoms with E-state index < -0.39 is 52.8 Å². The van der Waals surface area contributed by atoms with Gasteiger partial charge in [-0.2, -0.15) is 8.78 Å². The van der Waals surface area contributed by atoms with Crippen LogP contribution in [0.2, 0.25) is 0 Å². The van der Waals surface area contributed by atoms with E-state index in [1.165, 1.54) is 0 Å². The van der Waals surface area contributed by atoms with Crippen LogP contribution in [-0.2, 0) is 6.11 Å². The normalized spacial score (nSPS) is 19.7. The van der Waals surface area contributed by atoms with Gasteiger partial charge >= 0.3 is 12.5 Å². The molecule has 0 bridgehead atoms. The molecule has 1 fully saturated rings. The van der Waals surface area contributed by atoms with E-state index in [4.69, 9.17) is 0 Å². The highest BCUT2D eigenvalue weighted by molar-refractivity contribution is 5.36. The van der Waals surface area contributed by atoms with Crippen LogP contribution in [0, 0.1) is 29.2 Å². The molecule has 2 aromatic rings. The highest BCUT2D eigenvalue weighted by Gasteiger charge is 2.40. The highest BCUT2D eigenvalue weighted by atomic mass is 19.4. The fourth-order valence-corrected chi connectivity index (χ4v) is 3.63. The molecule has 0 spiro atoms. The fourth-order valence-electron chi connectivity index (χ4n) is 3.63. The average molecular weight is 472 g/mol. The number of halogens is 9. The Hall–Kier alpha value is -2.59. The first-order chi connectivity index (χ1) is 14.8. The van der Waals surface area contributed by atoms with Crippen molar-refractivity contribution in [2.75, 3.05) is 0 Å². The number of hydrogen-bond acceptors (Lipinski definition) is 2. The largest absolute Gasteiger partial charge is 0.573 e. The second kappa shape index (κ2) is 8.74. The molecule has 3 rings (SSSR count). The van der Waals surface area contributed by atoms with Crippen LogP contribution in [0.25, 0.3) is 0 Å². The second-order valence-electron chi connectivity index (χ2n) is 7.71. The molecule has 1 aliphatic carbocycles. The molecule has 2 aromatic carbocycles. The Kier molecular flexibility index (Phi) is 6.57. The lowest BCUT2D eigenvalue weighted by Gasteiger charge is -2.27. The number of hydrogen-bond donors (Lipinski definition) is 0. The van der Waals surface area contributed by atoms with Crippen LogP contribution in [0.4, 0.5) is 39.5 Å². The monoisotopic (exact) mass is 472 g/mol. The van der Waals surface area contributed by atoms with Crippen molar-refractivity contribution in [2.45, 2.75) is 51.0 Å². The molecule has 0 saturated heterocycles. The lowest BCUT2D eigenvalue weighted by molar-refractivity contribution is -0.276. The van der Waals surface area contributed by atoms with Gasteiger partial charge in [0.2, 0.25) is 5.75 Å². The molecule has 32 heavy (non-hydrogen) atoms. The summed E-state index contributed by atoms with van der Waals surface area (Å²) in [7, 11) is 0. The smallest absolute Gasteiger partial charge is 0.423 e. The van der Waals surface area contributed by atoms with Crippen molar-refractivity contribution in [3.63, 3.8) is 0 Å². The van der Waals surface area contributed by atoms with Crippen LogP contribution >= 0.6 is 0 Å². The topological polar surface area (TPSA) is 18.5 Å². The van der Waals surface area contributed by atoms with Gasteiger partial charge in [0.25, 0.3) is 0 Å². The van der Waals surface area contributed by atoms with Crippen molar-refractivity contribution in [2.24, 2.45) is 5.92 Å². The third-order valence-electron chi connectivity index (χ3n) is 5.29. The molecule has 2 nitrogen and oxygen atoms in total. The van der Waals surface area contributed by atoms with E-state index in [2.05, 4.69) is 9.47 Å². The Morgan fingerprint density at radius 1 is 0.688 bits per heavy atom. The Balaban J connectivity index is 1.86. The molecule has 0 aromatic heterocycles. The summed E-state index contributed by atoms with van der Waals surface area (Å²) in [5.41, 5.74) is -1.33. The van der Waals surface area contributed by atoms with Crippen molar-refractivity contribution in [1.82, 2.24) is 0 Å². The molecule has 0 radical (unpaired) electrons. The molecule has 0 aliphatic heterocycles. The average Bonchev–Trinajstić information content (AvgIpc) is 2.67. The summed E-state index contributed by atoms with van der Waals surface area (Å²) >= 11 is 0. The Labute approximate surface area is 176 Å². The third kappa shape index (κ3) is 5.42. The maximum atomic E-state index is 14.4. The molecule has 0 N–H and O–H groups in total. The summed E-state index contributed by atoms with van der Waals surface area (Å²) in [4.78, 5) is 0. The predicted molar refractivity (Wildman–Crippen MR) is 94.3 cm³/mol. The van der Waals surface area contributed by atoms with Crippen LogP contribution in [0.15, 0.2) is 24.3 Å². The van der Waals surface area contributed by atoms with Crippen molar-refractivity contribution >= 4 is 0 Å². The van der Waals surface area contributed by atoms with E-state index in [1.54, 1.807) is 0 Å². The van der Waals surface area contributed by atoms with Gasteiger partial charge < -0.3 is 9.47 Å². The fraction of sp³-hybridized carbons (Fsp3) is 0.429. The zero-order valence-corrected chi connectivity index (χ0v) is 16.5. The van der Waals surface area contributed by atoms with Gasteiger partial charge in [-0.25, -0.2) is 17.6 Å². The molecule has 1 aliphatic rings. The lowest BCUT2D eigenvalue weighted by Crippen LogP contribution is -2.25. The molecule has 0 atom stereocenters. The van der Waals surface area contributed by atoms with E-state index >= 15 is 0 Å². The molecule has 176 valence electrons. The van der Waals surface area contributed by atoms with Crippen LogP contribution in [-0.4, -0.2) is 6.36 Å². The van der Waals surface area contributed by atoms with Crippen molar-refractivity contribution in [3.05, 3.63) is 58.7 Å². The Morgan fingerprint density at radius 2 is 1.12 bits per heavy atom. The van der Waals surface area contributed by atoms with Gasteiger partial charge in [-0.05, 0) is 54.5 Å². The quantitative estimate of drug-likeness (QED) is 0.418. The van der Waals surface area contributed by atoms with Gasteiger partial charge in [0.05, 0.1) is 5.56 Å². The first-order valence-electron chi connectivity index (χ1n) is 9.58. The summed E-state index contributed by atoms with van der Waals surface area (Å²) in [6.07, 6.45) is -7.14. The number of alkyl halides is 5. The van der Waals surface area contributed by atoms with Gasteiger partial charge in [-0.1, -0.05) is 19.8 Å². The minimum absolute atomic E-state index is 0.158. The van der Waals surface area contributed by atoms with Crippen LogP contribution < -0.4 is 9.47 Å². The Morgan fingerprint density at radius 3 is 1.59 bits per heavy atom. The summed E-state index contributed by atoms with van der Waals surface area (Å²) in [6, 6.07) is 1.35. The Bertz CT molecular complexity index is 934. The standard InChI is InChI=1S/C21H17F9O2/c1-10-2-4-11(5-3-10)12-6-14(22)18(15(23)7-12)31-20(26,27)13-8-16(24)19(17(25)9-13)32-21(28,29)30/h6-11H,2-5H2,1H3. The molecular formula is C21H17F9O2. The van der Waals surface area contributed by atoms with E-state index in [0.717, 1.165) is 25.0 Å². The van der Waals surface area contributed by atoms with E-state index in [1.807, 2.05) is 6.92 Å². The van der Waals surface area contributed by atoms with Gasteiger partial charge in [-0.3, -0.25) is 0 Å². The van der Waals surface area contributed by atoms with Crippen LogP contribution in [0.1, 0.15) is 49.7 Å². The summed E-state index contributed by atoms with van der Waals surface area (Å²) in [5, 5.41) is 0. The zero-order chi connectivity index (χ0) is 23.8. The number of benzene rings is 2. The minimum Gasteiger partial charge on any atom is -0.423 e. The number of rotatable bonds is 5. The molecule has 1 saturated carbocycles. The molecular weight excluding hydrogens is 455 g/mol.